The zero-order chi connectivity index (χ0) is 9.80. The average molecular weight is 201 g/mol. The van der Waals surface area contributed by atoms with E-state index < -0.39 is 0 Å². The normalized spacial score (nSPS) is 10.9. The highest BCUT2D eigenvalue weighted by molar-refractivity contribution is 7.13. The van der Waals surface area contributed by atoms with Crippen LogP contribution in [0.2, 0.25) is 0 Å². The van der Waals surface area contributed by atoms with Gasteiger partial charge >= 0.3 is 0 Å². The molecule has 2 rings (SSSR count). The Morgan fingerprint density at radius 1 is 1.29 bits per heavy atom. The fraction of sp³-hybridized carbons (Fsp3) is 0.0833. The van der Waals surface area contributed by atoms with Crippen LogP contribution < -0.4 is 0 Å². The van der Waals surface area contributed by atoms with Crippen molar-refractivity contribution in [3.63, 3.8) is 0 Å². The summed E-state index contributed by atoms with van der Waals surface area (Å²) in [5.41, 5.74) is 2.44. The first-order chi connectivity index (χ1) is 6.92. The molecule has 0 spiro atoms. The Bertz CT molecular complexity index is 429. The highest BCUT2D eigenvalue weighted by Crippen LogP contribution is 2.26. The molecule has 0 bridgehead atoms. The summed E-state index contributed by atoms with van der Waals surface area (Å²) in [6, 6.07) is 8.31. The van der Waals surface area contributed by atoms with Crippen molar-refractivity contribution in [3.05, 3.63) is 47.5 Å². The minimum Gasteiger partial charge on any atom is -0.245 e. The van der Waals surface area contributed by atoms with Gasteiger partial charge in [0.15, 0.2) is 0 Å². The summed E-state index contributed by atoms with van der Waals surface area (Å²) < 4.78 is 0. The Hall–Kier alpha value is -1.41. The second-order valence-electron chi connectivity index (χ2n) is 2.92. The predicted octanol–water partition coefficient (Wildman–Crippen LogP) is 3.84. The third-order valence-electron chi connectivity index (χ3n) is 1.97. The molecule has 0 saturated heterocycles. The van der Waals surface area contributed by atoms with Crippen molar-refractivity contribution in [1.82, 2.24) is 4.98 Å². The first-order valence-electron chi connectivity index (χ1n) is 4.53. The average Bonchev–Trinajstić information content (AvgIpc) is 2.72. The van der Waals surface area contributed by atoms with Crippen LogP contribution in [0.5, 0.6) is 0 Å². The van der Waals surface area contributed by atoms with Crippen molar-refractivity contribution in [2.24, 2.45) is 0 Å². The molecule has 14 heavy (non-hydrogen) atoms. The van der Waals surface area contributed by atoms with Crippen LogP contribution in [0.15, 0.2) is 41.9 Å². The summed E-state index contributed by atoms with van der Waals surface area (Å²) >= 11 is 1.67. The number of thiazole rings is 1. The molecule has 1 heterocycles. The van der Waals surface area contributed by atoms with Crippen LogP contribution in [0.3, 0.4) is 0 Å². The lowest BCUT2D eigenvalue weighted by molar-refractivity contribution is 1.41. The molecule has 1 nitrogen and oxygen atoms in total. The lowest BCUT2D eigenvalue weighted by Gasteiger charge is -2.01. The number of allylic oxidation sites excluding steroid dienone is 1. The van der Waals surface area contributed by atoms with Crippen molar-refractivity contribution >= 4 is 17.4 Å². The Morgan fingerprint density at radius 2 is 2.14 bits per heavy atom. The minimum atomic E-state index is 1.08. The van der Waals surface area contributed by atoms with Crippen LogP contribution >= 0.6 is 11.3 Å². The van der Waals surface area contributed by atoms with Crippen LogP contribution in [0.1, 0.15) is 12.5 Å². The van der Waals surface area contributed by atoms with Gasteiger partial charge in [-0.2, -0.15) is 0 Å². The molecule has 0 unspecified atom stereocenters. The maximum Gasteiger partial charge on any atom is 0.123 e. The van der Waals surface area contributed by atoms with Gasteiger partial charge in [0.25, 0.3) is 0 Å². The fourth-order valence-corrected chi connectivity index (χ4v) is 2.06. The number of rotatable bonds is 2. The van der Waals surface area contributed by atoms with E-state index in [2.05, 4.69) is 23.2 Å². The molecule has 0 saturated carbocycles. The third-order valence-corrected chi connectivity index (χ3v) is 2.78. The van der Waals surface area contributed by atoms with Gasteiger partial charge in [-0.05, 0) is 12.5 Å². The van der Waals surface area contributed by atoms with E-state index >= 15 is 0 Å². The predicted molar refractivity (Wildman–Crippen MR) is 62.3 cm³/mol. The van der Waals surface area contributed by atoms with Gasteiger partial charge in [0.1, 0.15) is 5.01 Å². The summed E-state index contributed by atoms with van der Waals surface area (Å²) in [6.45, 7) is 2.03. The van der Waals surface area contributed by atoms with Crippen molar-refractivity contribution in [1.29, 1.82) is 0 Å². The zero-order valence-electron chi connectivity index (χ0n) is 7.97. The van der Waals surface area contributed by atoms with Gasteiger partial charge in [-0.1, -0.05) is 36.4 Å². The van der Waals surface area contributed by atoms with Gasteiger partial charge in [-0.15, -0.1) is 11.3 Å². The quantitative estimate of drug-likeness (QED) is 0.719. The summed E-state index contributed by atoms with van der Waals surface area (Å²) in [7, 11) is 0. The molecule has 1 aromatic carbocycles. The van der Waals surface area contributed by atoms with E-state index in [0.29, 0.717) is 0 Å². The maximum atomic E-state index is 4.31. The molecule has 0 aliphatic heterocycles. The zero-order valence-corrected chi connectivity index (χ0v) is 8.79. The highest BCUT2D eigenvalue weighted by Gasteiger charge is 2.03. The molecular weight excluding hydrogens is 190 g/mol. The van der Waals surface area contributed by atoms with Gasteiger partial charge in [-0.3, -0.25) is 0 Å². The Kier molecular flexibility index (Phi) is 2.75. The van der Waals surface area contributed by atoms with Gasteiger partial charge < -0.3 is 0 Å². The number of aromatic nitrogens is 1. The molecular formula is C12H11NS. The molecule has 0 N–H and O–H groups in total. The second-order valence-corrected chi connectivity index (χ2v) is 3.82. The molecule has 0 fully saturated rings. The Labute approximate surface area is 87.8 Å². The number of hydrogen-bond acceptors (Lipinski definition) is 2. The maximum absolute atomic E-state index is 4.31. The monoisotopic (exact) mass is 201 g/mol. The smallest absolute Gasteiger partial charge is 0.123 e. The molecule has 0 amide bonds. The van der Waals surface area contributed by atoms with E-state index in [1.54, 1.807) is 11.3 Å². The van der Waals surface area contributed by atoms with Crippen molar-refractivity contribution in [3.8, 4) is 10.6 Å². The molecule has 1 aromatic heterocycles. The van der Waals surface area contributed by atoms with Crippen LogP contribution in [0.25, 0.3) is 16.6 Å². The van der Waals surface area contributed by atoms with E-state index in [0.717, 1.165) is 5.01 Å². The number of benzene rings is 1. The highest BCUT2D eigenvalue weighted by atomic mass is 32.1. The first-order valence-corrected chi connectivity index (χ1v) is 5.41. The number of nitrogens with zero attached hydrogens (tertiary/aromatic N) is 1. The van der Waals surface area contributed by atoms with Crippen LogP contribution in [-0.2, 0) is 0 Å². The summed E-state index contributed by atoms with van der Waals surface area (Å²) in [4.78, 5) is 4.31. The Morgan fingerprint density at radius 3 is 2.86 bits per heavy atom. The van der Waals surface area contributed by atoms with Gasteiger partial charge in [-0.25, -0.2) is 4.98 Å². The van der Waals surface area contributed by atoms with E-state index in [4.69, 9.17) is 0 Å². The summed E-state index contributed by atoms with van der Waals surface area (Å²) in [6.07, 6.45) is 6.00. The summed E-state index contributed by atoms with van der Waals surface area (Å²) in [5.74, 6) is 0. The van der Waals surface area contributed by atoms with Gasteiger partial charge in [0.2, 0.25) is 0 Å². The molecule has 0 radical (unpaired) electrons. The fourth-order valence-electron chi connectivity index (χ4n) is 1.37. The van der Waals surface area contributed by atoms with E-state index in [9.17, 15) is 0 Å². The lowest BCUT2D eigenvalue weighted by atomic mass is 10.1. The van der Waals surface area contributed by atoms with Crippen LogP contribution in [0, 0.1) is 0 Å². The van der Waals surface area contributed by atoms with Crippen molar-refractivity contribution in [2.75, 3.05) is 0 Å². The first kappa shape index (κ1) is 9.16. The largest absolute Gasteiger partial charge is 0.245 e. The standard InChI is InChI=1S/C12H11NS/c1-2-5-10-6-3-4-7-11(10)12-13-8-9-14-12/h2-9H,1H3/b5-2-. The molecule has 0 aliphatic rings. The summed E-state index contributed by atoms with van der Waals surface area (Å²) in [5, 5.41) is 3.08. The van der Waals surface area contributed by atoms with E-state index in [1.165, 1.54) is 11.1 Å². The minimum absolute atomic E-state index is 1.08. The SMILES string of the molecule is C/C=C\c1ccccc1-c1nccs1. The van der Waals surface area contributed by atoms with E-state index in [-0.39, 0.29) is 0 Å². The van der Waals surface area contributed by atoms with Crippen LogP contribution in [-0.4, -0.2) is 4.98 Å². The second kappa shape index (κ2) is 4.20. The van der Waals surface area contributed by atoms with Crippen LogP contribution in [0.4, 0.5) is 0 Å². The molecule has 2 aromatic rings. The topological polar surface area (TPSA) is 12.9 Å². The molecule has 0 atom stereocenters. The molecule has 70 valence electrons. The van der Waals surface area contributed by atoms with Crippen molar-refractivity contribution < 1.29 is 0 Å². The van der Waals surface area contributed by atoms with E-state index in [1.807, 2.05) is 36.7 Å². The Balaban J connectivity index is 2.52. The molecule has 2 heteroatoms. The lowest BCUT2D eigenvalue weighted by Crippen LogP contribution is -1.80. The van der Waals surface area contributed by atoms with Crippen molar-refractivity contribution in [2.45, 2.75) is 6.92 Å². The number of hydrogen-bond donors (Lipinski definition) is 0. The van der Waals surface area contributed by atoms with Gasteiger partial charge in [0, 0.05) is 17.1 Å². The van der Waals surface area contributed by atoms with Gasteiger partial charge in [0.05, 0.1) is 0 Å². The molecule has 0 aliphatic carbocycles. The third kappa shape index (κ3) is 1.75.